The number of nitrogens with one attached hydrogen (secondary N) is 2. The van der Waals surface area contributed by atoms with Crippen molar-refractivity contribution in [1.29, 1.82) is 0 Å². The number of thiazole rings is 1. The molecule has 7 nitrogen and oxygen atoms in total. The number of aryl methyl sites for hydroxylation is 2. The third kappa shape index (κ3) is 5.37. The smallest absolute Gasteiger partial charge is 0.265 e. The first-order valence-electron chi connectivity index (χ1n) is 9.35. The summed E-state index contributed by atoms with van der Waals surface area (Å²) in [7, 11) is -3.74. The minimum absolute atomic E-state index is 0.0779. The molecule has 2 N–H and O–H groups in total. The molecule has 0 saturated heterocycles. The van der Waals surface area contributed by atoms with Crippen molar-refractivity contribution in [3.63, 3.8) is 0 Å². The molecule has 0 aliphatic carbocycles. The topological polar surface area (TPSA) is 97.4 Å². The van der Waals surface area contributed by atoms with Gasteiger partial charge in [-0.1, -0.05) is 13.0 Å². The van der Waals surface area contributed by atoms with E-state index in [4.69, 9.17) is 4.74 Å². The molecule has 3 aromatic rings. The molecule has 0 aliphatic heterocycles. The zero-order valence-electron chi connectivity index (χ0n) is 16.9. The van der Waals surface area contributed by atoms with Gasteiger partial charge in [-0.2, -0.15) is 0 Å². The molecule has 0 fully saturated rings. The summed E-state index contributed by atoms with van der Waals surface area (Å²) in [4.78, 5) is 16.6. The number of benzene rings is 2. The van der Waals surface area contributed by atoms with Gasteiger partial charge in [0, 0.05) is 17.3 Å². The highest BCUT2D eigenvalue weighted by atomic mass is 32.2. The Kier molecular flexibility index (Phi) is 6.73. The van der Waals surface area contributed by atoms with E-state index in [1.54, 1.807) is 5.38 Å². The van der Waals surface area contributed by atoms with Crippen LogP contribution >= 0.6 is 11.3 Å². The molecule has 1 heterocycles. The Labute approximate surface area is 180 Å². The third-order valence-corrected chi connectivity index (χ3v) is 6.68. The Balaban J connectivity index is 1.66. The highest BCUT2D eigenvalue weighted by molar-refractivity contribution is 7.93. The standard InChI is InChI=1S/C21H23N3O4S2/c1-4-19(28-17-8-5-14(2)15(3)13-17)20(25)23-16-6-9-18(10-7-16)30(26,27)24-21-22-11-12-29-21/h5-13,19H,4H2,1-3H3,(H,22,24)(H,23,25)/t19-/m1/s1. The number of anilines is 2. The van der Waals surface area contributed by atoms with Crippen LogP contribution in [0.2, 0.25) is 0 Å². The van der Waals surface area contributed by atoms with Crippen molar-refractivity contribution in [3.05, 3.63) is 65.2 Å². The number of hydrogen-bond donors (Lipinski definition) is 2. The largest absolute Gasteiger partial charge is 0.481 e. The van der Waals surface area contributed by atoms with Crippen molar-refractivity contribution < 1.29 is 17.9 Å². The number of ether oxygens (including phenoxy) is 1. The van der Waals surface area contributed by atoms with Crippen LogP contribution in [0.15, 0.2) is 58.9 Å². The van der Waals surface area contributed by atoms with Gasteiger partial charge in [-0.3, -0.25) is 9.52 Å². The molecule has 1 aromatic heterocycles. The number of carbonyl (C=O) groups is 1. The monoisotopic (exact) mass is 445 g/mol. The molecule has 3 rings (SSSR count). The number of rotatable bonds is 8. The first-order valence-corrected chi connectivity index (χ1v) is 11.7. The average molecular weight is 446 g/mol. The SMILES string of the molecule is CC[C@@H](Oc1ccc(C)c(C)c1)C(=O)Nc1ccc(S(=O)(=O)Nc2nccs2)cc1. The van der Waals surface area contributed by atoms with Crippen LogP contribution in [0.5, 0.6) is 5.75 Å². The molecule has 1 amide bonds. The van der Waals surface area contributed by atoms with Crippen LogP contribution in [0.3, 0.4) is 0 Å². The lowest BCUT2D eigenvalue weighted by Gasteiger charge is -2.18. The van der Waals surface area contributed by atoms with Crippen molar-refractivity contribution >= 4 is 38.1 Å². The van der Waals surface area contributed by atoms with Gasteiger partial charge in [0.15, 0.2) is 11.2 Å². The lowest BCUT2D eigenvalue weighted by molar-refractivity contribution is -0.122. The maximum absolute atomic E-state index is 12.6. The van der Waals surface area contributed by atoms with Crippen LogP contribution in [0.4, 0.5) is 10.8 Å². The summed E-state index contributed by atoms with van der Waals surface area (Å²) in [6.45, 7) is 5.87. The van der Waals surface area contributed by atoms with Gasteiger partial charge in [-0.15, -0.1) is 11.3 Å². The minimum atomic E-state index is -3.74. The second kappa shape index (κ2) is 9.27. The number of carbonyl (C=O) groups excluding carboxylic acids is 1. The molecule has 0 saturated carbocycles. The van der Waals surface area contributed by atoms with Crippen molar-refractivity contribution in [2.45, 2.75) is 38.2 Å². The molecule has 2 aromatic carbocycles. The fourth-order valence-corrected chi connectivity index (χ4v) is 4.45. The number of aromatic nitrogens is 1. The normalized spacial score (nSPS) is 12.2. The molecule has 9 heteroatoms. The quantitative estimate of drug-likeness (QED) is 0.537. The Morgan fingerprint density at radius 2 is 1.87 bits per heavy atom. The van der Waals surface area contributed by atoms with Crippen molar-refractivity contribution in [2.75, 3.05) is 10.0 Å². The van der Waals surface area contributed by atoms with Crippen LogP contribution in [0, 0.1) is 13.8 Å². The summed E-state index contributed by atoms with van der Waals surface area (Å²) in [5, 5.41) is 4.75. The van der Waals surface area contributed by atoms with Crippen molar-refractivity contribution in [2.24, 2.45) is 0 Å². The third-order valence-electron chi connectivity index (χ3n) is 4.51. The molecular weight excluding hydrogens is 422 g/mol. The molecule has 0 radical (unpaired) electrons. The second-order valence-corrected chi connectivity index (χ2v) is 9.29. The Hall–Kier alpha value is -2.91. The van der Waals surface area contributed by atoms with Gasteiger partial charge in [-0.25, -0.2) is 13.4 Å². The molecule has 0 unspecified atom stereocenters. The summed E-state index contributed by atoms with van der Waals surface area (Å²) in [5.41, 5.74) is 2.72. The number of sulfonamides is 1. The molecular formula is C21H23N3O4S2. The van der Waals surface area contributed by atoms with Crippen molar-refractivity contribution in [3.8, 4) is 5.75 Å². The minimum Gasteiger partial charge on any atom is -0.481 e. The van der Waals surface area contributed by atoms with Gasteiger partial charge >= 0.3 is 0 Å². The Bertz CT molecular complexity index is 1110. The van der Waals surface area contributed by atoms with E-state index in [1.165, 1.54) is 41.8 Å². The summed E-state index contributed by atoms with van der Waals surface area (Å²) < 4.78 is 33.0. The van der Waals surface area contributed by atoms with E-state index in [1.807, 2.05) is 39.0 Å². The molecule has 158 valence electrons. The predicted octanol–water partition coefficient (Wildman–Crippen LogP) is 4.36. The number of nitrogens with zero attached hydrogens (tertiary/aromatic N) is 1. The van der Waals surface area contributed by atoms with E-state index in [0.717, 1.165) is 11.1 Å². The van der Waals surface area contributed by atoms with Crippen molar-refractivity contribution in [1.82, 2.24) is 4.98 Å². The fraction of sp³-hybridized carbons (Fsp3) is 0.238. The summed E-state index contributed by atoms with van der Waals surface area (Å²) in [6.07, 6.45) is 1.34. The number of hydrogen-bond acceptors (Lipinski definition) is 6. The Morgan fingerprint density at radius 1 is 1.13 bits per heavy atom. The van der Waals surface area contributed by atoms with Crippen LogP contribution in [-0.4, -0.2) is 25.4 Å². The highest BCUT2D eigenvalue weighted by Gasteiger charge is 2.20. The van der Waals surface area contributed by atoms with Crippen LogP contribution in [0.1, 0.15) is 24.5 Å². The van der Waals surface area contributed by atoms with E-state index in [2.05, 4.69) is 15.0 Å². The summed E-state index contributed by atoms with van der Waals surface area (Å²) >= 11 is 1.19. The van der Waals surface area contributed by atoms with Gasteiger partial charge in [-0.05, 0) is 67.8 Å². The first kappa shape index (κ1) is 21.8. The van der Waals surface area contributed by atoms with E-state index >= 15 is 0 Å². The van der Waals surface area contributed by atoms with Gasteiger partial charge in [0.2, 0.25) is 0 Å². The molecule has 0 aliphatic rings. The van der Waals surface area contributed by atoms with Crippen LogP contribution in [-0.2, 0) is 14.8 Å². The molecule has 1 atom stereocenters. The van der Waals surface area contributed by atoms with Gasteiger partial charge < -0.3 is 10.1 Å². The zero-order chi connectivity index (χ0) is 21.7. The van der Waals surface area contributed by atoms with Gasteiger partial charge in [0.25, 0.3) is 15.9 Å². The van der Waals surface area contributed by atoms with Crippen LogP contribution in [0.25, 0.3) is 0 Å². The van der Waals surface area contributed by atoms with Crippen LogP contribution < -0.4 is 14.8 Å². The van der Waals surface area contributed by atoms with E-state index in [0.29, 0.717) is 23.0 Å². The maximum Gasteiger partial charge on any atom is 0.265 e. The summed E-state index contributed by atoms with van der Waals surface area (Å²) in [6, 6.07) is 11.6. The lowest BCUT2D eigenvalue weighted by Crippen LogP contribution is -2.32. The second-order valence-electron chi connectivity index (χ2n) is 6.72. The van der Waals surface area contributed by atoms with E-state index in [9.17, 15) is 13.2 Å². The van der Waals surface area contributed by atoms with E-state index in [-0.39, 0.29) is 10.8 Å². The lowest BCUT2D eigenvalue weighted by atomic mass is 10.1. The first-order chi connectivity index (χ1) is 14.3. The average Bonchev–Trinajstić information content (AvgIpc) is 3.21. The van der Waals surface area contributed by atoms with E-state index < -0.39 is 16.1 Å². The van der Waals surface area contributed by atoms with Gasteiger partial charge in [0.05, 0.1) is 4.90 Å². The highest BCUT2D eigenvalue weighted by Crippen LogP contribution is 2.21. The molecule has 30 heavy (non-hydrogen) atoms. The zero-order valence-corrected chi connectivity index (χ0v) is 18.5. The maximum atomic E-state index is 12.6. The Morgan fingerprint density at radius 3 is 2.47 bits per heavy atom. The van der Waals surface area contributed by atoms with Gasteiger partial charge in [0.1, 0.15) is 5.75 Å². The summed E-state index contributed by atoms with van der Waals surface area (Å²) in [5.74, 6) is 0.335. The number of amides is 1. The molecule has 0 bridgehead atoms. The predicted molar refractivity (Wildman–Crippen MR) is 119 cm³/mol. The fourth-order valence-electron chi connectivity index (χ4n) is 2.66. The molecule has 0 spiro atoms.